The van der Waals surface area contributed by atoms with Crippen LogP contribution in [0.25, 0.3) is 0 Å². The van der Waals surface area contributed by atoms with Gasteiger partial charge in [0.2, 0.25) is 0 Å². The summed E-state index contributed by atoms with van der Waals surface area (Å²) in [4.78, 5) is 3.35. The zero-order chi connectivity index (χ0) is 21.1. The van der Waals surface area contributed by atoms with Crippen molar-refractivity contribution in [2.75, 3.05) is 29.7 Å². The van der Waals surface area contributed by atoms with E-state index in [0.717, 1.165) is 55.3 Å². The van der Waals surface area contributed by atoms with Gasteiger partial charge in [-0.1, -0.05) is 11.6 Å². The lowest BCUT2D eigenvalue weighted by Crippen LogP contribution is -2.45. The number of rotatable bonds is 10. The van der Waals surface area contributed by atoms with Gasteiger partial charge in [0.25, 0.3) is 10.0 Å². The zero-order valence-electron chi connectivity index (χ0n) is 16.3. The summed E-state index contributed by atoms with van der Waals surface area (Å²) in [5, 5.41) is 12.2. The van der Waals surface area contributed by atoms with Crippen LogP contribution in [0, 0.1) is 11.7 Å². The summed E-state index contributed by atoms with van der Waals surface area (Å²) in [5.74, 6) is -0.0360. The Morgan fingerprint density at radius 1 is 1.27 bits per heavy atom. The minimum absolute atomic E-state index is 0.155. The standard InChI is InChI=1S/C19H25ClFN5O2S2/c20-13-9-18(30(27,28)26-19-24-5-6-29-19)14(21)10-15(13)22-3-1-2-4-23-16-7-12-8-17(16)25-11-12/h5-6,9-10,12,16-17,22-23,25H,1-4,7-8,11H2,(H,24,26)/t12-,16?,17-/m0/s1. The first-order chi connectivity index (χ1) is 14.4. The molecule has 1 aliphatic carbocycles. The number of nitrogens with one attached hydrogen (secondary N) is 4. The minimum atomic E-state index is -4.10. The van der Waals surface area contributed by atoms with E-state index in [0.29, 0.717) is 24.3 Å². The molecule has 2 aromatic rings. The predicted octanol–water partition coefficient (Wildman–Crippen LogP) is 3.27. The van der Waals surface area contributed by atoms with Crippen molar-refractivity contribution in [3.05, 3.63) is 34.5 Å². The van der Waals surface area contributed by atoms with Crippen LogP contribution in [0.5, 0.6) is 0 Å². The van der Waals surface area contributed by atoms with Crippen LogP contribution in [0.3, 0.4) is 0 Å². The molecule has 2 fully saturated rings. The number of anilines is 2. The van der Waals surface area contributed by atoms with Gasteiger partial charge in [-0.05, 0) is 56.8 Å². The van der Waals surface area contributed by atoms with Crippen molar-refractivity contribution < 1.29 is 12.8 Å². The van der Waals surface area contributed by atoms with Gasteiger partial charge in [0.1, 0.15) is 10.7 Å². The maximum atomic E-state index is 14.5. The number of benzene rings is 1. The fourth-order valence-corrected chi connectivity index (χ4v) is 6.32. The Hall–Kier alpha value is -1.46. The third-order valence-electron chi connectivity index (χ3n) is 5.62. The molecule has 1 aromatic carbocycles. The van der Waals surface area contributed by atoms with Crippen LogP contribution in [0.15, 0.2) is 28.6 Å². The summed E-state index contributed by atoms with van der Waals surface area (Å²) in [6.07, 6.45) is 5.89. The highest BCUT2D eigenvalue weighted by molar-refractivity contribution is 7.93. The molecule has 1 unspecified atom stereocenters. The van der Waals surface area contributed by atoms with Crippen LogP contribution in [0.2, 0.25) is 5.02 Å². The van der Waals surface area contributed by atoms with Gasteiger partial charge in [0.05, 0.1) is 10.7 Å². The molecule has 4 rings (SSSR count). The molecular formula is C19H25ClFN5O2S2. The number of fused-ring (bicyclic) bond motifs is 2. The van der Waals surface area contributed by atoms with Crippen molar-refractivity contribution in [3.8, 4) is 0 Å². The van der Waals surface area contributed by atoms with E-state index in [4.69, 9.17) is 11.6 Å². The van der Waals surface area contributed by atoms with Crippen LogP contribution >= 0.6 is 22.9 Å². The van der Waals surface area contributed by atoms with Crippen LogP contribution in [-0.2, 0) is 10.0 Å². The molecule has 2 bridgehead atoms. The molecule has 0 radical (unpaired) electrons. The largest absolute Gasteiger partial charge is 0.384 e. The van der Waals surface area contributed by atoms with Gasteiger partial charge in [0.15, 0.2) is 5.13 Å². The highest BCUT2D eigenvalue weighted by Crippen LogP contribution is 2.31. The molecule has 1 saturated carbocycles. The second-order valence-corrected chi connectivity index (χ2v) is 10.7. The Bertz CT molecular complexity index is 974. The number of hydrogen-bond donors (Lipinski definition) is 4. The van der Waals surface area contributed by atoms with E-state index in [-0.39, 0.29) is 10.2 Å². The summed E-state index contributed by atoms with van der Waals surface area (Å²) in [6.45, 7) is 2.73. The van der Waals surface area contributed by atoms with Crippen molar-refractivity contribution >= 4 is 43.8 Å². The summed E-state index contributed by atoms with van der Waals surface area (Å²) >= 11 is 7.31. The lowest BCUT2D eigenvalue weighted by Gasteiger charge is -2.24. The van der Waals surface area contributed by atoms with Gasteiger partial charge in [0, 0.05) is 30.2 Å². The zero-order valence-corrected chi connectivity index (χ0v) is 18.7. The monoisotopic (exact) mass is 473 g/mol. The molecule has 1 aromatic heterocycles. The third-order valence-corrected chi connectivity index (χ3v) is 8.10. The Labute approximate surface area is 184 Å². The van der Waals surface area contributed by atoms with Crippen LogP contribution in [0.4, 0.5) is 15.2 Å². The molecule has 3 atom stereocenters. The Morgan fingerprint density at radius 3 is 2.80 bits per heavy atom. The minimum Gasteiger partial charge on any atom is -0.384 e. The van der Waals surface area contributed by atoms with E-state index >= 15 is 0 Å². The van der Waals surface area contributed by atoms with Crippen LogP contribution in [-0.4, -0.2) is 45.1 Å². The second-order valence-electron chi connectivity index (χ2n) is 7.75. The maximum absolute atomic E-state index is 14.5. The van der Waals surface area contributed by atoms with Gasteiger partial charge in [-0.15, -0.1) is 11.3 Å². The summed E-state index contributed by atoms with van der Waals surface area (Å²) < 4.78 is 41.5. The SMILES string of the molecule is O=S(=O)(Nc1nccs1)c1cc(Cl)c(NCCCCNC2C[C@@H]3CN[C@H]2C3)cc1F. The lowest BCUT2D eigenvalue weighted by atomic mass is 10.1. The molecular weight excluding hydrogens is 449 g/mol. The van der Waals surface area contributed by atoms with Gasteiger partial charge in [-0.25, -0.2) is 17.8 Å². The first kappa shape index (κ1) is 21.8. The van der Waals surface area contributed by atoms with Crippen molar-refractivity contribution in [1.29, 1.82) is 0 Å². The number of halogens is 2. The molecule has 164 valence electrons. The number of unbranched alkanes of at least 4 members (excludes halogenated alkanes) is 1. The number of piperidine rings is 1. The third kappa shape index (κ3) is 5.05. The molecule has 1 aliphatic heterocycles. The van der Waals surface area contributed by atoms with Crippen LogP contribution < -0.4 is 20.7 Å². The predicted molar refractivity (Wildman–Crippen MR) is 118 cm³/mol. The molecule has 0 amide bonds. The van der Waals surface area contributed by atoms with Crippen LogP contribution in [0.1, 0.15) is 25.7 Å². The van der Waals surface area contributed by atoms with Gasteiger partial charge in [-0.3, -0.25) is 4.72 Å². The number of thiazole rings is 1. The van der Waals surface area contributed by atoms with E-state index in [1.165, 1.54) is 19.0 Å². The molecule has 0 spiro atoms. The van der Waals surface area contributed by atoms with E-state index in [1.54, 1.807) is 5.38 Å². The average Bonchev–Trinajstić information content (AvgIpc) is 3.45. The molecule has 2 aliphatic rings. The first-order valence-electron chi connectivity index (χ1n) is 10.0. The van der Waals surface area contributed by atoms with Gasteiger partial charge in [-0.2, -0.15) is 0 Å². The second kappa shape index (κ2) is 9.35. The summed E-state index contributed by atoms with van der Waals surface area (Å²) in [5.41, 5.74) is 0.382. The molecule has 4 N–H and O–H groups in total. The fraction of sp³-hybridized carbons (Fsp3) is 0.526. The number of aromatic nitrogens is 1. The van der Waals surface area contributed by atoms with Gasteiger partial charge >= 0.3 is 0 Å². The lowest BCUT2D eigenvalue weighted by molar-refractivity contribution is 0.377. The van der Waals surface area contributed by atoms with E-state index < -0.39 is 20.7 Å². The summed E-state index contributed by atoms with van der Waals surface area (Å²) in [6, 6.07) is 3.44. The van der Waals surface area contributed by atoms with Crippen molar-refractivity contribution in [3.63, 3.8) is 0 Å². The highest BCUT2D eigenvalue weighted by atomic mass is 35.5. The average molecular weight is 474 g/mol. The molecule has 2 heterocycles. The topological polar surface area (TPSA) is 95.2 Å². The first-order valence-corrected chi connectivity index (χ1v) is 12.8. The van der Waals surface area contributed by atoms with Crippen molar-refractivity contribution in [1.82, 2.24) is 15.6 Å². The quantitative estimate of drug-likeness (QED) is 0.396. The Balaban J connectivity index is 1.25. The highest BCUT2D eigenvalue weighted by Gasteiger charge is 2.38. The Kier molecular flexibility index (Phi) is 6.78. The van der Waals surface area contributed by atoms with Crippen molar-refractivity contribution in [2.24, 2.45) is 5.92 Å². The number of nitrogens with zero attached hydrogens (tertiary/aromatic N) is 1. The van der Waals surface area contributed by atoms with E-state index in [9.17, 15) is 12.8 Å². The van der Waals surface area contributed by atoms with Crippen molar-refractivity contribution in [2.45, 2.75) is 42.7 Å². The molecule has 30 heavy (non-hydrogen) atoms. The van der Waals surface area contributed by atoms with E-state index in [1.807, 2.05) is 0 Å². The maximum Gasteiger partial charge on any atom is 0.266 e. The number of sulfonamides is 1. The summed E-state index contributed by atoms with van der Waals surface area (Å²) in [7, 11) is -4.10. The Morgan fingerprint density at radius 2 is 2.10 bits per heavy atom. The molecule has 11 heteroatoms. The number of hydrogen-bond acceptors (Lipinski definition) is 7. The van der Waals surface area contributed by atoms with E-state index in [2.05, 4.69) is 25.7 Å². The fourth-order valence-electron chi connectivity index (χ4n) is 4.15. The molecule has 1 saturated heterocycles. The van der Waals surface area contributed by atoms with Gasteiger partial charge < -0.3 is 16.0 Å². The molecule has 7 nitrogen and oxygen atoms in total. The normalized spacial score (nSPS) is 23.1. The smallest absolute Gasteiger partial charge is 0.266 e.